The van der Waals surface area contributed by atoms with Crippen LogP contribution >= 0.6 is 0 Å². The highest BCUT2D eigenvalue weighted by molar-refractivity contribution is 5.78. The van der Waals surface area contributed by atoms with Crippen molar-refractivity contribution in [1.29, 1.82) is 0 Å². The van der Waals surface area contributed by atoms with Crippen LogP contribution in [0.5, 0.6) is 0 Å². The maximum Gasteiger partial charge on any atom is 0.224 e. The number of ether oxygens (including phenoxy) is 1. The zero-order valence-electron chi connectivity index (χ0n) is 17.9. The molecule has 1 aromatic rings. The van der Waals surface area contributed by atoms with Gasteiger partial charge in [0.2, 0.25) is 5.91 Å². The van der Waals surface area contributed by atoms with E-state index in [9.17, 15) is 4.79 Å². The van der Waals surface area contributed by atoms with Gasteiger partial charge in [0.05, 0.1) is 12.5 Å². The topological polar surface area (TPSA) is 44.8 Å². The van der Waals surface area contributed by atoms with E-state index in [1.807, 2.05) is 0 Å². The fourth-order valence-corrected chi connectivity index (χ4v) is 4.68. The van der Waals surface area contributed by atoms with E-state index in [1.54, 1.807) is 7.11 Å². The lowest BCUT2D eigenvalue weighted by Gasteiger charge is -2.42. The van der Waals surface area contributed by atoms with Gasteiger partial charge in [0.1, 0.15) is 0 Å². The van der Waals surface area contributed by atoms with E-state index in [0.29, 0.717) is 19.2 Å². The maximum atomic E-state index is 12.4. The number of nitrogens with one attached hydrogen (secondary N) is 1. The lowest BCUT2D eigenvalue weighted by atomic mass is 9.93. The molecule has 0 aliphatic carbocycles. The fourth-order valence-electron chi connectivity index (χ4n) is 4.68. The van der Waals surface area contributed by atoms with Crippen LogP contribution in [0.4, 0.5) is 0 Å². The summed E-state index contributed by atoms with van der Waals surface area (Å²) in [5, 5.41) is 3.02. The van der Waals surface area contributed by atoms with Gasteiger partial charge in [0.25, 0.3) is 0 Å². The van der Waals surface area contributed by atoms with Gasteiger partial charge in [-0.2, -0.15) is 0 Å². The number of carbonyl (C=O) groups excluding carboxylic acids is 1. The highest BCUT2D eigenvalue weighted by Crippen LogP contribution is 2.25. The van der Waals surface area contributed by atoms with Crippen LogP contribution in [0.2, 0.25) is 0 Å². The van der Waals surface area contributed by atoms with Crippen molar-refractivity contribution in [2.45, 2.75) is 52.1 Å². The molecule has 0 radical (unpaired) electrons. The number of amides is 1. The van der Waals surface area contributed by atoms with Gasteiger partial charge in [-0.05, 0) is 70.3 Å². The zero-order chi connectivity index (χ0) is 19.9. The van der Waals surface area contributed by atoms with Gasteiger partial charge < -0.3 is 10.1 Å². The maximum absolute atomic E-state index is 12.4. The Labute approximate surface area is 170 Å². The molecule has 5 nitrogen and oxygen atoms in total. The summed E-state index contributed by atoms with van der Waals surface area (Å²) in [5.74, 6) is 0.341. The minimum Gasteiger partial charge on any atom is -0.383 e. The standard InChI is InChI=1S/C23H37N3O2/c1-18-6-7-20(19(2)15-18)16-25-12-8-22(9-13-25)26-11-4-5-21(17-26)23(27)24-10-14-28-3/h6-7,15,21-22H,4-5,8-14,16-17H2,1-3H3,(H,24,27). The van der Waals surface area contributed by atoms with Crippen LogP contribution in [-0.2, 0) is 16.1 Å². The lowest BCUT2D eigenvalue weighted by Crippen LogP contribution is -2.50. The molecule has 0 bridgehead atoms. The first-order valence-electron chi connectivity index (χ1n) is 10.9. The third kappa shape index (κ3) is 5.79. The Morgan fingerprint density at radius 2 is 1.96 bits per heavy atom. The summed E-state index contributed by atoms with van der Waals surface area (Å²) in [6, 6.07) is 7.42. The molecule has 1 aromatic carbocycles. The molecule has 1 unspecified atom stereocenters. The molecule has 5 heteroatoms. The molecule has 1 N–H and O–H groups in total. The number of methoxy groups -OCH3 is 1. The van der Waals surface area contributed by atoms with Crippen LogP contribution in [0.1, 0.15) is 42.4 Å². The first kappa shape index (κ1) is 21.3. The van der Waals surface area contributed by atoms with E-state index < -0.39 is 0 Å². The van der Waals surface area contributed by atoms with Gasteiger partial charge in [-0.25, -0.2) is 0 Å². The average molecular weight is 388 g/mol. The van der Waals surface area contributed by atoms with Gasteiger partial charge in [0.15, 0.2) is 0 Å². The summed E-state index contributed by atoms with van der Waals surface area (Å²) >= 11 is 0. The van der Waals surface area contributed by atoms with E-state index >= 15 is 0 Å². The Morgan fingerprint density at radius 3 is 2.68 bits per heavy atom. The Balaban J connectivity index is 1.45. The third-order valence-corrected chi connectivity index (χ3v) is 6.39. The first-order chi connectivity index (χ1) is 13.6. The summed E-state index contributed by atoms with van der Waals surface area (Å²) in [6.45, 7) is 11.0. The minimum absolute atomic E-state index is 0.138. The molecule has 0 spiro atoms. The van der Waals surface area contributed by atoms with Crippen LogP contribution in [0.25, 0.3) is 0 Å². The van der Waals surface area contributed by atoms with Gasteiger partial charge in [-0.15, -0.1) is 0 Å². The van der Waals surface area contributed by atoms with Crippen LogP contribution in [0.3, 0.4) is 0 Å². The first-order valence-corrected chi connectivity index (χ1v) is 10.9. The Bertz CT molecular complexity index is 641. The fraction of sp³-hybridized carbons (Fsp3) is 0.696. The number of nitrogens with zero attached hydrogens (tertiary/aromatic N) is 2. The summed E-state index contributed by atoms with van der Waals surface area (Å²) in [7, 11) is 1.67. The number of likely N-dealkylation sites (tertiary alicyclic amines) is 2. The van der Waals surface area contributed by atoms with Crippen molar-refractivity contribution in [3.63, 3.8) is 0 Å². The Kier molecular flexibility index (Phi) is 7.89. The third-order valence-electron chi connectivity index (χ3n) is 6.39. The summed E-state index contributed by atoms with van der Waals surface area (Å²) in [4.78, 5) is 17.6. The summed E-state index contributed by atoms with van der Waals surface area (Å²) < 4.78 is 5.03. The molecule has 28 heavy (non-hydrogen) atoms. The molecule has 1 amide bonds. The van der Waals surface area contributed by atoms with Gasteiger partial charge in [0, 0.05) is 32.8 Å². The smallest absolute Gasteiger partial charge is 0.224 e. The molecule has 0 saturated carbocycles. The number of piperidine rings is 2. The normalized spacial score (nSPS) is 22.3. The van der Waals surface area contributed by atoms with Gasteiger partial charge >= 0.3 is 0 Å². The summed E-state index contributed by atoms with van der Waals surface area (Å²) in [5.41, 5.74) is 4.20. The van der Waals surface area contributed by atoms with Crippen molar-refractivity contribution in [2.75, 3.05) is 46.4 Å². The average Bonchev–Trinajstić information content (AvgIpc) is 2.71. The van der Waals surface area contributed by atoms with E-state index in [-0.39, 0.29) is 11.8 Å². The van der Waals surface area contributed by atoms with Gasteiger partial charge in [-0.3, -0.25) is 14.6 Å². The highest BCUT2D eigenvalue weighted by atomic mass is 16.5. The Hall–Kier alpha value is -1.43. The quantitative estimate of drug-likeness (QED) is 0.731. The lowest BCUT2D eigenvalue weighted by molar-refractivity contribution is -0.127. The summed E-state index contributed by atoms with van der Waals surface area (Å²) in [6.07, 6.45) is 4.57. The van der Waals surface area contributed by atoms with Crippen molar-refractivity contribution < 1.29 is 9.53 Å². The number of hydrogen-bond donors (Lipinski definition) is 1. The number of hydrogen-bond acceptors (Lipinski definition) is 4. The minimum atomic E-state index is 0.138. The number of aryl methyl sites for hydroxylation is 2. The molecule has 3 rings (SSSR count). The van der Waals surface area contributed by atoms with Crippen molar-refractivity contribution in [3.8, 4) is 0 Å². The Morgan fingerprint density at radius 1 is 1.18 bits per heavy atom. The number of rotatable bonds is 7. The van der Waals surface area contributed by atoms with Crippen LogP contribution < -0.4 is 5.32 Å². The molecular formula is C23H37N3O2. The van der Waals surface area contributed by atoms with Crippen molar-refractivity contribution >= 4 is 5.91 Å². The molecule has 1 atom stereocenters. The van der Waals surface area contributed by atoms with Crippen molar-refractivity contribution in [2.24, 2.45) is 5.92 Å². The number of benzene rings is 1. The molecular weight excluding hydrogens is 350 g/mol. The van der Waals surface area contributed by atoms with Crippen molar-refractivity contribution in [3.05, 3.63) is 34.9 Å². The molecule has 2 saturated heterocycles. The zero-order valence-corrected chi connectivity index (χ0v) is 17.9. The SMILES string of the molecule is COCCNC(=O)C1CCCN(C2CCN(Cc3ccc(C)cc3C)CC2)C1. The molecule has 0 aromatic heterocycles. The monoisotopic (exact) mass is 387 g/mol. The second-order valence-corrected chi connectivity index (χ2v) is 8.56. The molecule has 2 heterocycles. The molecule has 156 valence electrons. The highest BCUT2D eigenvalue weighted by Gasteiger charge is 2.31. The van der Waals surface area contributed by atoms with E-state index in [0.717, 1.165) is 45.6 Å². The van der Waals surface area contributed by atoms with Gasteiger partial charge in [-0.1, -0.05) is 23.8 Å². The predicted molar refractivity (Wildman–Crippen MR) is 113 cm³/mol. The largest absolute Gasteiger partial charge is 0.383 e. The molecule has 2 fully saturated rings. The predicted octanol–water partition coefficient (Wildman–Crippen LogP) is 2.74. The second kappa shape index (κ2) is 10.4. The van der Waals surface area contributed by atoms with E-state index in [4.69, 9.17) is 4.74 Å². The van der Waals surface area contributed by atoms with Crippen LogP contribution in [0.15, 0.2) is 18.2 Å². The van der Waals surface area contributed by atoms with Crippen LogP contribution in [-0.4, -0.2) is 68.2 Å². The number of carbonyl (C=O) groups is 1. The van der Waals surface area contributed by atoms with E-state index in [2.05, 4.69) is 47.2 Å². The molecule has 2 aliphatic rings. The van der Waals surface area contributed by atoms with Crippen molar-refractivity contribution in [1.82, 2.24) is 15.1 Å². The van der Waals surface area contributed by atoms with E-state index in [1.165, 1.54) is 29.5 Å². The van der Waals surface area contributed by atoms with Crippen LogP contribution in [0, 0.1) is 19.8 Å². The second-order valence-electron chi connectivity index (χ2n) is 8.56. The molecule has 2 aliphatic heterocycles.